The molecular formula is C21H25NO2. The van der Waals surface area contributed by atoms with Gasteiger partial charge in [0.15, 0.2) is 6.29 Å². The molecule has 0 amide bonds. The second-order valence-corrected chi connectivity index (χ2v) is 6.73. The minimum Gasteiger partial charge on any atom is -0.340 e. The minimum absolute atomic E-state index is 0.0385. The molecule has 0 aliphatic carbocycles. The highest BCUT2D eigenvalue weighted by atomic mass is 16.7. The van der Waals surface area contributed by atoms with Gasteiger partial charge in [0, 0.05) is 6.54 Å². The molecule has 3 heteroatoms. The number of hydrogen-bond donors (Lipinski definition) is 0. The number of ether oxygens (including phenoxy) is 2. The lowest BCUT2D eigenvalue weighted by Gasteiger charge is -2.28. The number of likely N-dealkylation sites (tertiary alicyclic amines) is 1. The van der Waals surface area contributed by atoms with Crippen molar-refractivity contribution in [3.63, 3.8) is 0 Å². The van der Waals surface area contributed by atoms with Crippen molar-refractivity contribution in [3.8, 4) is 0 Å². The van der Waals surface area contributed by atoms with Crippen LogP contribution in [-0.4, -0.2) is 30.8 Å². The van der Waals surface area contributed by atoms with Crippen LogP contribution in [0.5, 0.6) is 0 Å². The van der Waals surface area contributed by atoms with E-state index in [1.807, 2.05) is 12.1 Å². The van der Waals surface area contributed by atoms with Crippen molar-refractivity contribution >= 4 is 0 Å². The number of hydrogen-bond acceptors (Lipinski definition) is 3. The topological polar surface area (TPSA) is 21.7 Å². The zero-order valence-electron chi connectivity index (χ0n) is 14.0. The van der Waals surface area contributed by atoms with Gasteiger partial charge in [-0.2, -0.15) is 0 Å². The fourth-order valence-electron chi connectivity index (χ4n) is 3.73. The van der Waals surface area contributed by atoms with Gasteiger partial charge in [-0.15, -0.1) is 0 Å². The Balaban J connectivity index is 1.53. The average Bonchev–Trinajstić information content (AvgIpc) is 3.08. The van der Waals surface area contributed by atoms with Gasteiger partial charge in [-0.1, -0.05) is 67.1 Å². The molecule has 2 atom stereocenters. The number of nitrogens with zero attached hydrogens (tertiary/aromatic N) is 1. The van der Waals surface area contributed by atoms with Gasteiger partial charge in [0.2, 0.25) is 0 Å². The van der Waals surface area contributed by atoms with Gasteiger partial charge in [0.1, 0.15) is 12.2 Å². The van der Waals surface area contributed by atoms with Crippen molar-refractivity contribution in [3.05, 3.63) is 71.8 Å². The van der Waals surface area contributed by atoms with Crippen LogP contribution in [-0.2, 0) is 9.47 Å². The zero-order chi connectivity index (χ0) is 16.2. The van der Waals surface area contributed by atoms with Gasteiger partial charge < -0.3 is 9.47 Å². The normalized spacial score (nSPS) is 28.1. The molecule has 24 heavy (non-hydrogen) atoms. The van der Waals surface area contributed by atoms with E-state index in [2.05, 4.69) is 53.4 Å². The molecule has 0 saturated carbocycles. The summed E-state index contributed by atoms with van der Waals surface area (Å²) in [5.41, 5.74) is 2.37. The van der Waals surface area contributed by atoms with Crippen LogP contribution in [0.15, 0.2) is 60.7 Å². The van der Waals surface area contributed by atoms with Crippen LogP contribution in [0, 0.1) is 0 Å². The van der Waals surface area contributed by atoms with E-state index in [0.29, 0.717) is 0 Å². The monoisotopic (exact) mass is 323 g/mol. The molecule has 2 saturated heterocycles. The van der Waals surface area contributed by atoms with Gasteiger partial charge in [0.05, 0.1) is 0 Å². The SMILES string of the molecule is c1ccc(C2OC(CN3CCCCC3)OC2c2ccccc2)cc1. The Hall–Kier alpha value is -1.68. The number of piperidine rings is 1. The van der Waals surface area contributed by atoms with Crippen molar-refractivity contribution < 1.29 is 9.47 Å². The summed E-state index contributed by atoms with van der Waals surface area (Å²) >= 11 is 0. The summed E-state index contributed by atoms with van der Waals surface area (Å²) in [5.74, 6) is 0. The molecule has 2 aromatic rings. The van der Waals surface area contributed by atoms with Gasteiger partial charge in [-0.25, -0.2) is 0 Å². The summed E-state index contributed by atoms with van der Waals surface area (Å²) in [5, 5.41) is 0. The maximum Gasteiger partial charge on any atom is 0.172 e. The lowest BCUT2D eigenvalue weighted by atomic mass is 9.99. The van der Waals surface area contributed by atoms with Crippen LogP contribution in [0.25, 0.3) is 0 Å². The van der Waals surface area contributed by atoms with E-state index in [9.17, 15) is 0 Å². The highest BCUT2D eigenvalue weighted by Crippen LogP contribution is 2.42. The molecule has 2 aromatic carbocycles. The molecule has 4 rings (SSSR count). The zero-order valence-corrected chi connectivity index (χ0v) is 14.0. The van der Waals surface area contributed by atoms with Crippen molar-refractivity contribution in [1.82, 2.24) is 4.90 Å². The number of rotatable bonds is 4. The first kappa shape index (κ1) is 15.8. The Labute approximate surface area is 144 Å². The fourth-order valence-corrected chi connectivity index (χ4v) is 3.73. The van der Waals surface area contributed by atoms with E-state index in [0.717, 1.165) is 19.6 Å². The lowest BCUT2D eigenvalue weighted by molar-refractivity contribution is -0.0859. The Bertz CT molecular complexity index is 577. The van der Waals surface area contributed by atoms with Crippen molar-refractivity contribution in [1.29, 1.82) is 0 Å². The molecule has 0 radical (unpaired) electrons. The second kappa shape index (κ2) is 7.47. The Kier molecular flexibility index (Phi) is 4.93. The van der Waals surface area contributed by atoms with Crippen molar-refractivity contribution in [2.75, 3.05) is 19.6 Å². The standard InChI is InChI=1S/C21H25NO2/c1-4-10-17(11-5-1)20-21(18-12-6-2-7-13-18)24-19(23-20)16-22-14-8-3-9-15-22/h1-2,4-7,10-13,19-21H,3,8-9,14-16H2. The summed E-state index contributed by atoms with van der Waals surface area (Å²) in [7, 11) is 0. The molecule has 2 aliphatic heterocycles. The van der Waals surface area contributed by atoms with Crippen LogP contribution < -0.4 is 0 Å². The molecule has 0 aromatic heterocycles. The molecule has 2 unspecified atom stereocenters. The third-order valence-electron chi connectivity index (χ3n) is 4.98. The first-order valence-corrected chi connectivity index (χ1v) is 9.03. The Morgan fingerprint density at radius 3 is 1.71 bits per heavy atom. The van der Waals surface area contributed by atoms with E-state index >= 15 is 0 Å². The highest BCUT2D eigenvalue weighted by Gasteiger charge is 2.38. The fraction of sp³-hybridized carbons (Fsp3) is 0.429. The molecule has 3 nitrogen and oxygen atoms in total. The van der Waals surface area contributed by atoms with Crippen LogP contribution in [0.3, 0.4) is 0 Å². The smallest absolute Gasteiger partial charge is 0.172 e. The molecule has 2 aliphatic rings. The molecule has 0 bridgehead atoms. The third kappa shape index (κ3) is 3.54. The van der Waals surface area contributed by atoms with E-state index < -0.39 is 0 Å². The molecule has 126 valence electrons. The highest BCUT2D eigenvalue weighted by molar-refractivity contribution is 5.26. The van der Waals surface area contributed by atoms with Crippen LogP contribution >= 0.6 is 0 Å². The van der Waals surface area contributed by atoms with Crippen LogP contribution in [0.2, 0.25) is 0 Å². The van der Waals surface area contributed by atoms with Gasteiger partial charge in [-0.3, -0.25) is 4.90 Å². The summed E-state index contributed by atoms with van der Waals surface area (Å²) < 4.78 is 12.7. The second-order valence-electron chi connectivity index (χ2n) is 6.73. The average molecular weight is 323 g/mol. The summed E-state index contributed by atoms with van der Waals surface area (Å²) in [6, 6.07) is 20.9. The Morgan fingerprint density at radius 1 is 0.708 bits per heavy atom. The van der Waals surface area contributed by atoms with E-state index in [1.54, 1.807) is 0 Å². The minimum atomic E-state index is -0.154. The van der Waals surface area contributed by atoms with Crippen LogP contribution in [0.4, 0.5) is 0 Å². The molecule has 0 spiro atoms. The summed E-state index contributed by atoms with van der Waals surface area (Å²) in [6.45, 7) is 3.19. The van der Waals surface area contributed by atoms with Crippen LogP contribution in [0.1, 0.15) is 42.6 Å². The predicted octanol–water partition coefficient (Wildman–Crippen LogP) is 4.33. The Morgan fingerprint density at radius 2 is 1.21 bits per heavy atom. The van der Waals surface area contributed by atoms with Crippen molar-refractivity contribution in [2.24, 2.45) is 0 Å². The van der Waals surface area contributed by atoms with E-state index in [4.69, 9.17) is 9.47 Å². The van der Waals surface area contributed by atoms with Gasteiger partial charge in [0.25, 0.3) is 0 Å². The number of benzene rings is 2. The molecular weight excluding hydrogens is 298 g/mol. The third-order valence-corrected chi connectivity index (χ3v) is 4.98. The molecule has 2 fully saturated rings. The maximum atomic E-state index is 6.35. The first-order chi connectivity index (χ1) is 11.9. The molecule has 0 N–H and O–H groups in total. The maximum absolute atomic E-state index is 6.35. The largest absolute Gasteiger partial charge is 0.340 e. The van der Waals surface area contributed by atoms with Gasteiger partial charge >= 0.3 is 0 Å². The van der Waals surface area contributed by atoms with E-state index in [1.165, 1.54) is 30.4 Å². The molecule has 2 heterocycles. The lowest BCUT2D eigenvalue weighted by Crippen LogP contribution is -2.36. The summed E-state index contributed by atoms with van der Waals surface area (Å²) in [6.07, 6.45) is 3.70. The quantitative estimate of drug-likeness (QED) is 0.836. The predicted molar refractivity (Wildman–Crippen MR) is 94.6 cm³/mol. The van der Waals surface area contributed by atoms with Gasteiger partial charge in [-0.05, 0) is 37.1 Å². The first-order valence-electron chi connectivity index (χ1n) is 9.03. The van der Waals surface area contributed by atoms with E-state index in [-0.39, 0.29) is 18.5 Å². The summed E-state index contributed by atoms with van der Waals surface area (Å²) in [4.78, 5) is 2.48. The van der Waals surface area contributed by atoms with Crippen molar-refractivity contribution in [2.45, 2.75) is 37.8 Å².